The molecule has 9 heteroatoms. The Hall–Kier alpha value is -3.53. The number of likely N-dealkylation sites (N-methyl/N-ethyl adjacent to an activating group) is 1. The minimum absolute atomic E-state index is 0.0288. The van der Waals surface area contributed by atoms with Crippen molar-refractivity contribution in [1.29, 1.82) is 0 Å². The third-order valence-corrected chi connectivity index (χ3v) is 8.43. The number of imidazole rings is 1. The third kappa shape index (κ3) is 5.16. The Kier molecular flexibility index (Phi) is 7.10. The molecule has 2 N–H and O–H groups in total. The first-order valence-corrected chi connectivity index (χ1v) is 14.1. The van der Waals surface area contributed by atoms with Crippen LogP contribution < -0.4 is 10.0 Å². The quantitative estimate of drug-likeness (QED) is 0.336. The van der Waals surface area contributed by atoms with Crippen molar-refractivity contribution in [3.8, 4) is 11.3 Å². The van der Waals surface area contributed by atoms with Gasteiger partial charge in [0.2, 0.25) is 10.0 Å². The maximum Gasteiger partial charge on any atom is 0.251 e. The number of sulfonamides is 1. The first kappa shape index (κ1) is 25.1. The van der Waals surface area contributed by atoms with Crippen LogP contribution in [0, 0.1) is 0 Å². The van der Waals surface area contributed by atoms with E-state index in [1.807, 2.05) is 30.5 Å². The van der Waals surface area contributed by atoms with Crippen molar-refractivity contribution in [2.24, 2.45) is 0 Å². The topological polar surface area (TPSA) is 95.8 Å². The van der Waals surface area contributed by atoms with Crippen LogP contribution in [0.15, 0.2) is 71.9 Å². The molecule has 0 fully saturated rings. The van der Waals surface area contributed by atoms with E-state index in [0.717, 1.165) is 52.2 Å². The number of hydrogen-bond acceptors (Lipinski definition) is 5. The maximum absolute atomic E-state index is 12.7. The van der Waals surface area contributed by atoms with E-state index < -0.39 is 10.0 Å². The van der Waals surface area contributed by atoms with E-state index in [0.29, 0.717) is 26.1 Å². The van der Waals surface area contributed by atoms with Gasteiger partial charge >= 0.3 is 0 Å². The number of aromatic nitrogens is 2. The van der Waals surface area contributed by atoms with Gasteiger partial charge in [0.25, 0.3) is 5.91 Å². The molecular weight excluding hydrogens is 486 g/mol. The standard InChI is InChI=1S/C28H31N5O3S/c1-3-32(4-2)15-14-31-37(35,36)24-9-5-20(6-10-24)17-22-8-12-26(33-16-13-29-27(22)33)21-7-11-25-23(18-21)19-30-28(25)34/h5-13,16,18,31H,3-4,14-15,17,19H2,1-2H3,(H,30,34). The van der Waals surface area contributed by atoms with Crippen LogP contribution in [0.1, 0.15) is 40.9 Å². The summed E-state index contributed by atoms with van der Waals surface area (Å²) in [6.45, 7) is 7.52. The number of carbonyl (C=O) groups is 1. The first-order chi connectivity index (χ1) is 17.9. The second kappa shape index (κ2) is 10.5. The van der Waals surface area contributed by atoms with E-state index in [2.05, 4.69) is 56.4 Å². The minimum atomic E-state index is -3.55. The van der Waals surface area contributed by atoms with Gasteiger partial charge in [0, 0.05) is 44.0 Å². The smallest absolute Gasteiger partial charge is 0.251 e. The van der Waals surface area contributed by atoms with Crippen LogP contribution in [0.2, 0.25) is 0 Å². The number of nitrogens with zero attached hydrogens (tertiary/aromatic N) is 3. The molecule has 0 saturated heterocycles. The molecule has 0 radical (unpaired) electrons. The van der Waals surface area contributed by atoms with Crippen molar-refractivity contribution < 1.29 is 13.2 Å². The monoisotopic (exact) mass is 517 g/mol. The number of nitrogens with one attached hydrogen (secondary N) is 2. The Morgan fingerprint density at radius 1 is 1.05 bits per heavy atom. The van der Waals surface area contributed by atoms with Gasteiger partial charge in [0.05, 0.1) is 10.6 Å². The second-order valence-corrected chi connectivity index (χ2v) is 10.9. The number of hydrogen-bond donors (Lipinski definition) is 2. The van der Waals surface area contributed by atoms with Crippen molar-refractivity contribution in [3.05, 3.63) is 89.2 Å². The SMILES string of the molecule is CCN(CC)CCNS(=O)(=O)c1ccc(Cc2ccc(-c3ccc4c(c3)CNC4=O)n3ccnc23)cc1. The highest BCUT2D eigenvalue weighted by Gasteiger charge is 2.20. The Bertz CT molecular complexity index is 1540. The van der Waals surface area contributed by atoms with Crippen LogP contribution >= 0.6 is 0 Å². The number of carbonyl (C=O) groups excluding carboxylic acids is 1. The summed E-state index contributed by atoms with van der Waals surface area (Å²) in [4.78, 5) is 18.9. The van der Waals surface area contributed by atoms with Gasteiger partial charge in [0.1, 0.15) is 5.65 Å². The van der Waals surface area contributed by atoms with Gasteiger partial charge < -0.3 is 10.2 Å². The van der Waals surface area contributed by atoms with E-state index in [9.17, 15) is 13.2 Å². The summed E-state index contributed by atoms with van der Waals surface area (Å²) < 4.78 is 30.1. The molecule has 5 rings (SSSR count). The van der Waals surface area contributed by atoms with Crippen molar-refractivity contribution in [2.45, 2.75) is 31.7 Å². The Labute approximate surface area is 217 Å². The van der Waals surface area contributed by atoms with Crippen LogP contribution in [-0.4, -0.2) is 54.8 Å². The largest absolute Gasteiger partial charge is 0.348 e. The van der Waals surface area contributed by atoms with Crippen LogP contribution in [0.3, 0.4) is 0 Å². The minimum Gasteiger partial charge on any atom is -0.348 e. The van der Waals surface area contributed by atoms with Crippen LogP contribution in [0.25, 0.3) is 16.9 Å². The zero-order chi connectivity index (χ0) is 26.0. The highest BCUT2D eigenvalue weighted by Crippen LogP contribution is 2.28. The molecule has 0 aliphatic carbocycles. The molecular formula is C28H31N5O3S. The number of benzene rings is 2. The molecule has 0 spiro atoms. The van der Waals surface area contributed by atoms with Gasteiger partial charge in [-0.15, -0.1) is 0 Å². The molecule has 8 nitrogen and oxygen atoms in total. The summed E-state index contributed by atoms with van der Waals surface area (Å²) in [7, 11) is -3.55. The first-order valence-electron chi connectivity index (χ1n) is 12.6. The Morgan fingerprint density at radius 2 is 1.84 bits per heavy atom. The average Bonchev–Trinajstić information content (AvgIpc) is 3.54. The van der Waals surface area contributed by atoms with Gasteiger partial charge in [-0.05, 0) is 65.7 Å². The molecule has 192 valence electrons. The van der Waals surface area contributed by atoms with E-state index in [4.69, 9.17) is 0 Å². The molecule has 3 heterocycles. The predicted octanol–water partition coefficient (Wildman–Crippen LogP) is 3.46. The summed E-state index contributed by atoms with van der Waals surface area (Å²) in [6, 6.07) is 17.1. The van der Waals surface area contributed by atoms with E-state index in [1.54, 1.807) is 18.3 Å². The lowest BCUT2D eigenvalue weighted by molar-refractivity contribution is 0.0965. The van der Waals surface area contributed by atoms with Crippen LogP contribution in [0.5, 0.6) is 0 Å². The lowest BCUT2D eigenvalue weighted by Gasteiger charge is -2.18. The molecule has 0 saturated carbocycles. The number of fused-ring (bicyclic) bond motifs is 2. The highest BCUT2D eigenvalue weighted by molar-refractivity contribution is 7.89. The lowest BCUT2D eigenvalue weighted by atomic mass is 10.0. The molecule has 0 atom stereocenters. The molecule has 0 bridgehead atoms. The normalized spacial score (nSPS) is 13.3. The van der Waals surface area contributed by atoms with E-state index in [-0.39, 0.29) is 10.8 Å². The number of rotatable bonds is 10. The van der Waals surface area contributed by atoms with Crippen LogP contribution in [0.4, 0.5) is 0 Å². The van der Waals surface area contributed by atoms with Gasteiger partial charge in [0.15, 0.2) is 0 Å². The molecule has 2 aromatic carbocycles. The summed E-state index contributed by atoms with van der Waals surface area (Å²) >= 11 is 0. The number of amides is 1. The molecule has 1 aliphatic rings. The van der Waals surface area contributed by atoms with E-state index in [1.165, 1.54) is 0 Å². The Morgan fingerprint density at radius 3 is 2.59 bits per heavy atom. The molecule has 1 amide bonds. The highest BCUT2D eigenvalue weighted by atomic mass is 32.2. The zero-order valence-electron chi connectivity index (χ0n) is 21.1. The average molecular weight is 518 g/mol. The van der Waals surface area contributed by atoms with Gasteiger partial charge in [-0.3, -0.25) is 9.20 Å². The number of pyridine rings is 1. The fourth-order valence-electron chi connectivity index (χ4n) is 4.80. The zero-order valence-corrected chi connectivity index (χ0v) is 21.9. The fourth-order valence-corrected chi connectivity index (χ4v) is 5.82. The molecule has 37 heavy (non-hydrogen) atoms. The summed E-state index contributed by atoms with van der Waals surface area (Å²) in [5.41, 5.74) is 6.64. The van der Waals surface area contributed by atoms with Gasteiger partial charge in [-0.2, -0.15) is 0 Å². The summed E-state index contributed by atoms with van der Waals surface area (Å²) in [6.07, 6.45) is 4.34. The van der Waals surface area contributed by atoms with E-state index >= 15 is 0 Å². The van der Waals surface area contributed by atoms with Crippen LogP contribution in [-0.2, 0) is 23.0 Å². The third-order valence-electron chi connectivity index (χ3n) is 6.96. The predicted molar refractivity (Wildman–Crippen MR) is 144 cm³/mol. The fraction of sp³-hybridized carbons (Fsp3) is 0.286. The molecule has 4 aromatic rings. The maximum atomic E-state index is 12.7. The van der Waals surface area contributed by atoms with Crippen molar-refractivity contribution in [2.75, 3.05) is 26.2 Å². The molecule has 1 aliphatic heterocycles. The summed E-state index contributed by atoms with van der Waals surface area (Å²) in [5, 5.41) is 2.86. The van der Waals surface area contributed by atoms with Crippen molar-refractivity contribution in [1.82, 2.24) is 24.3 Å². The molecule has 2 aromatic heterocycles. The van der Waals surface area contributed by atoms with Gasteiger partial charge in [-0.25, -0.2) is 18.1 Å². The second-order valence-electron chi connectivity index (χ2n) is 9.16. The van der Waals surface area contributed by atoms with Crippen molar-refractivity contribution >= 4 is 21.6 Å². The van der Waals surface area contributed by atoms with Crippen molar-refractivity contribution in [3.63, 3.8) is 0 Å². The lowest BCUT2D eigenvalue weighted by Crippen LogP contribution is -2.34. The molecule has 0 unspecified atom stereocenters. The summed E-state index contributed by atoms with van der Waals surface area (Å²) in [5.74, 6) is -0.0288. The van der Waals surface area contributed by atoms with Gasteiger partial charge in [-0.1, -0.05) is 38.1 Å². The Balaban J connectivity index is 1.33.